The number of rotatable bonds is 32. The number of unbranched alkanes of at least 4 members (excludes halogenated alkanes) is 28. The van der Waals surface area contributed by atoms with Crippen molar-refractivity contribution in [2.24, 2.45) is 0 Å². The molecule has 0 atom stereocenters. The number of carbonyl (C=O) groups excluding carboxylic acids is 2. The van der Waals surface area contributed by atoms with Gasteiger partial charge >= 0.3 is 16.5 Å². The van der Waals surface area contributed by atoms with Gasteiger partial charge in [-0.3, -0.25) is 0 Å². The molecule has 0 fully saturated rings. The number of carbonyl (C=O) groups is 2. The van der Waals surface area contributed by atoms with Crippen LogP contribution in [0.1, 0.15) is 219 Å². The van der Waals surface area contributed by atoms with Gasteiger partial charge in [-0.05, 0) is 25.7 Å². The number of hydrogen-bond acceptors (Lipinski definition) is 4. The van der Waals surface area contributed by atoms with Crippen molar-refractivity contribution in [2.45, 2.75) is 219 Å². The zero-order valence-electron chi connectivity index (χ0n) is 27.6. The minimum atomic E-state index is -0.903. The maximum atomic E-state index is 10.2. The van der Waals surface area contributed by atoms with E-state index in [4.69, 9.17) is 0 Å². The monoisotopic (exact) mass is 624 g/mol. The molecule has 4 nitrogen and oxygen atoms in total. The summed E-state index contributed by atoms with van der Waals surface area (Å²) in [6, 6.07) is 0. The van der Waals surface area contributed by atoms with Gasteiger partial charge in [0.1, 0.15) is 0 Å². The van der Waals surface area contributed by atoms with Crippen LogP contribution in [0.5, 0.6) is 0 Å². The molecule has 0 heterocycles. The van der Waals surface area contributed by atoms with Crippen LogP contribution in [0.15, 0.2) is 0 Å². The fourth-order valence-electron chi connectivity index (χ4n) is 5.28. The molecule has 0 aliphatic heterocycles. The van der Waals surface area contributed by atoms with Gasteiger partial charge in [0.2, 0.25) is 0 Å². The standard InChI is InChI=1S/2C18H36O2.Ni/c2*1-2-3-4-5-6-7-8-9-10-11-12-13-14-15-16-17-18(19)20;/h2*2-17H2,1H3,(H,19,20);/q;;+2/p-2. The van der Waals surface area contributed by atoms with Crippen molar-refractivity contribution in [2.75, 3.05) is 0 Å². The average molecular weight is 626 g/mol. The molecule has 0 saturated heterocycles. The zero-order valence-corrected chi connectivity index (χ0v) is 28.6. The fraction of sp³-hybridized carbons (Fsp3) is 0.944. The van der Waals surface area contributed by atoms with Crippen LogP contribution in [0.25, 0.3) is 0 Å². The molecular weight excluding hydrogens is 555 g/mol. The van der Waals surface area contributed by atoms with Gasteiger partial charge in [-0.1, -0.05) is 194 Å². The van der Waals surface area contributed by atoms with Gasteiger partial charge in [-0.15, -0.1) is 0 Å². The molecular formula is C36H70NiO4. The molecule has 0 N–H and O–H groups in total. The second kappa shape index (κ2) is 41.6. The molecule has 0 aliphatic carbocycles. The Morgan fingerprint density at radius 3 is 0.610 bits per heavy atom. The van der Waals surface area contributed by atoms with Crippen LogP contribution >= 0.6 is 0 Å². The molecule has 5 heteroatoms. The Hall–Kier alpha value is -0.566. The zero-order chi connectivity index (χ0) is 29.8. The van der Waals surface area contributed by atoms with Crippen molar-refractivity contribution >= 4 is 11.9 Å². The SMILES string of the molecule is CCCCCCCCCCCCCCCCCC(=O)[O-].CCCCCCCCCCCCCCCCCC(=O)[O-].[Ni+2]. The van der Waals surface area contributed by atoms with E-state index in [-0.39, 0.29) is 29.3 Å². The number of aliphatic carboxylic acids is 2. The van der Waals surface area contributed by atoms with Gasteiger partial charge in [0.15, 0.2) is 0 Å². The van der Waals surface area contributed by atoms with Gasteiger partial charge in [-0.2, -0.15) is 0 Å². The third-order valence-corrected chi connectivity index (χ3v) is 7.97. The van der Waals surface area contributed by atoms with E-state index in [2.05, 4.69) is 13.8 Å². The van der Waals surface area contributed by atoms with Crippen molar-refractivity contribution in [3.05, 3.63) is 0 Å². The largest absolute Gasteiger partial charge is 2.00 e. The summed E-state index contributed by atoms with van der Waals surface area (Å²) in [5.74, 6) is -1.81. The van der Waals surface area contributed by atoms with Crippen LogP contribution < -0.4 is 10.2 Å². The summed E-state index contributed by atoms with van der Waals surface area (Å²) < 4.78 is 0. The third kappa shape index (κ3) is 49.4. The molecule has 0 bridgehead atoms. The van der Waals surface area contributed by atoms with Gasteiger partial charge in [0.25, 0.3) is 0 Å². The number of hydrogen-bond donors (Lipinski definition) is 0. The van der Waals surface area contributed by atoms with E-state index in [1.54, 1.807) is 0 Å². The van der Waals surface area contributed by atoms with E-state index in [1.807, 2.05) is 0 Å². The summed E-state index contributed by atoms with van der Waals surface area (Å²) in [7, 11) is 0. The molecule has 0 saturated carbocycles. The Kier molecular flexibility index (Phi) is 45.5. The summed E-state index contributed by atoms with van der Waals surface area (Å²) in [6.45, 7) is 4.53. The van der Waals surface area contributed by atoms with Crippen molar-refractivity contribution in [3.63, 3.8) is 0 Å². The first-order chi connectivity index (χ1) is 19.5. The smallest absolute Gasteiger partial charge is 0.550 e. The van der Waals surface area contributed by atoms with Gasteiger partial charge in [-0.25, -0.2) is 0 Å². The molecule has 0 aromatic carbocycles. The molecule has 0 aromatic heterocycles. The molecule has 0 rings (SSSR count). The van der Waals surface area contributed by atoms with E-state index in [9.17, 15) is 19.8 Å². The van der Waals surface area contributed by atoms with E-state index in [1.165, 1.54) is 167 Å². The molecule has 0 aromatic rings. The summed E-state index contributed by atoms with van der Waals surface area (Å²) in [5.41, 5.74) is 0. The van der Waals surface area contributed by atoms with Crippen molar-refractivity contribution in [1.29, 1.82) is 0 Å². The Balaban J connectivity index is -0.000000688. The van der Waals surface area contributed by atoms with Gasteiger partial charge in [0, 0.05) is 11.9 Å². The van der Waals surface area contributed by atoms with Crippen molar-refractivity contribution in [1.82, 2.24) is 0 Å². The molecule has 0 radical (unpaired) electrons. The first-order valence-electron chi connectivity index (χ1n) is 17.9. The fourth-order valence-corrected chi connectivity index (χ4v) is 5.28. The maximum Gasteiger partial charge on any atom is 2.00 e. The minimum absolute atomic E-state index is 0. The second-order valence-corrected chi connectivity index (χ2v) is 12.1. The quantitative estimate of drug-likeness (QED) is 0.0550. The summed E-state index contributed by atoms with van der Waals surface area (Å²) in [4.78, 5) is 20.4. The first kappa shape index (κ1) is 44.9. The van der Waals surface area contributed by atoms with Crippen LogP contribution in [-0.4, -0.2) is 11.9 Å². The van der Waals surface area contributed by atoms with Crippen LogP contribution in [0.3, 0.4) is 0 Å². The molecule has 248 valence electrons. The molecule has 0 unspecified atom stereocenters. The van der Waals surface area contributed by atoms with Crippen molar-refractivity contribution in [3.8, 4) is 0 Å². The maximum absolute atomic E-state index is 10.2. The van der Waals surface area contributed by atoms with E-state index in [0.717, 1.165) is 25.7 Å². The van der Waals surface area contributed by atoms with E-state index >= 15 is 0 Å². The van der Waals surface area contributed by atoms with Crippen LogP contribution in [-0.2, 0) is 26.1 Å². The Morgan fingerprint density at radius 1 is 0.317 bits per heavy atom. The molecule has 0 spiro atoms. The molecule has 0 amide bonds. The molecule has 41 heavy (non-hydrogen) atoms. The number of carboxylic acid groups (broad SMARTS) is 2. The second-order valence-electron chi connectivity index (χ2n) is 12.1. The summed E-state index contributed by atoms with van der Waals surface area (Å²) >= 11 is 0. The Bertz CT molecular complexity index is 454. The average Bonchev–Trinajstić information content (AvgIpc) is 2.93. The predicted octanol–water partition coefficient (Wildman–Crippen LogP) is 9.99. The first-order valence-corrected chi connectivity index (χ1v) is 17.9. The Labute approximate surface area is 266 Å². The summed E-state index contributed by atoms with van der Waals surface area (Å²) in [5, 5.41) is 20.4. The van der Waals surface area contributed by atoms with E-state index in [0.29, 0.717) is 0 Å². The van der Waals surface area contributed by atoms with Gasteiger partial charge < -0.3 is 19.8 Å². The van der Waals surface area contributed by atoms with Gasteiger partial charge in [0.05, 0.1) is 0 Å². The van der Waals surface area contributed by atoms with E-state index < -0.39 is 11.9 Å². The Morgan fingerprint density at radius 2 is 0.463 bits per heavy atom. The topological polar surface area (TPSA) is 80.3 Å². The predicted molar refractivity (Wildman–Crippen MR) is 169 cm³/mol. The third-order valence-electron chi connectivity index (χ3n) is 7.97. The normalized spacial score (nSPS) is 10.6. The van der Waals surface area contributed by atoms with Crippen LogP contribution in [0.4, 0.5) is 0 Å². The minimum Gasteiger partial charge on any atom is -0.550 e. The number of carboxylic acids is 2. The van der Waals surface area contributed by atoms with Crippen LogP contribution in [0.2, 0.25) is 0 Å². The molecule has 0 aliphatic rings. The summed E-state index contributed by atoms with van der Waals surface area (Å²) in [6.07, 6.45) is 39.7. The van der Waals surface area contributed by atoms with Crippen molar-refractivity contribution < 1.29 is 36.3 Å². The van der Waals surface area contributed by atoms with Crippen LogP contribution in [0, 0.1) is 0 Å².